The summed E-state index contributed by atoms with van der Waals surface area (Å²) < 4.78 is 5.65. The van der Waals surface area contributed by atoms with Crippen LogP contribution in [0.15, 0.2) is 0 Å². The summed E-state index contributed by atoms with van der Waals surface area (Å²) in [6, 6.07) is 0.513. The lowest BCUT2D eigenvalue weighted by atomic mass is 9.86. The van der Waals surface area contributed by atoms with E-state index >= 15 is 0 Å². The Balaban J connectivity index is 2.53. The largest absolute Gasteiger partial charge is 0.395 e. The third kappa shape index (κ3) is 6.21. The molecule has 1 atom stereocenters. The molecule has 0 amide bonds. The normalized spacial score (nSPS) is 23.7. The Bertz CT molecular complexity index is 228. The number of aliphatic hydroxyl groups is 1. The van der Waals surface area contributed by atoms with E-state index < -0.39 is 0 Å². The molecule has 4 nitrogen and oxygen atoms in total. The molecule has 0 aromatic heterocycles. The van der Waals surface area contributed by atoms with Crippen LogP contribution in [0.25, 0.3) is 0 Å². The molecule has 1 fully saturated rings. The van der Waals surface area contributed by atoms with Gasteiger partial charge in [0.2, 0.25) is 0 Å². The topological polar surface area (TPSA) is 44.7 Å². The van der Waals surface area contributed by atoms with Crippen molar-refractivity contribution in [3.05, 3.63) is 0 Å². The monoisotopic (exact) mass is 272 g/mol. The molecule has 1 aliphatic heterocycles. The standard InChI is InChI=1S/C15H32N2O2/c1-4-5-7-17(8-9-18)12-15(6-10-19-13-15)11-16-14(2)3/h14,16,18H,4-13H2,1-3H3. The molecular weight excluding hydrogens is 240 g/mol. The van der Waals surface area contributed by atoms with E-state index in [0.717, 1.165) is 45.8 Å². The van der Waals surface area contributed by atoms with Gasteiger partial charge in [-0.3, -0.25) is 0 Å². The Morgan fingerprint density at radius 1 is 1.37 bits per heavy atom. The van der Waals surface area contributed by atoms with Gasteiger partial charge in [0.1, 0.15) is 0 Å². The molecule has 1 unspecified atom stereocenters. The molecule has 1 aliphatic rings. The fourth-order valence-electron chi connectivity index (χ4n) is 2.66. The zero-order chi connectivity index (χ0) is 14.1. The van der Waals surface area contributed by atoms with E-state index in [1.54, 1.807) is 0 Å². The highest BCUT2D eigenvalue weighted by Crippen LogP contribution is 2.29. The molecule has 0 aromatic rings. The smallest absolute Gasteiger partial charge is 0.0558 e. The van der Waals surface area contributed by atoms with E-state index in [4.69, 9.17) is 4.74 Å². The Morgan fingerprint density at radius 2 is 2.16 bits per heavy atom. The van der Waals surface area contributed by atoms with Gasteiger partial charge in [-0.25, -0.2) is 0 Å². The van der Waals surface area contributed by atoms with Gasteiger partial charge >= 0.3 is 0 Å². The van der Waals surface area contributed by atoms with Gasteiger partial charge in [-0.15, -0.1) is 0 Å². The average molecular weight is 272 g/mol. The summed E-state index contributed by atoms with van der Waals surface area (Å²) in [6.45, 7) is 12.5. The van der Waals surface area contributed by atoms with Gasteiger partial charge in [-0.05, 0) is 19.4 Å². The fourth-order valence-corrected chi connectivity index (χ4v) is 2.66. The van der Waals surface area contributed by atoms with E-state index in [1.807, 2.05) is 0 Å². The minimum atomic E-state index is 0.229. The van der Waals surface area contributed by atoms with E-state index in [-0.39, 0.29) is 12.0 Å². The molecule has 19 heavy (non-hydrogen) atoms. The third-order valence-electron chi connectivity index (χ3n) is 3.87. The first-order valence-corrected chi connectivity index (χ1v) is 7.76. The highest BCUT2D eigenvalue weighted by molar-refractivity contribution is 4.89. The van der Waals surface area contributed by atoms with Crippen LogP contribution in [0.3, 0.4) is 0 Å². The van der Waals surface area contributed by atoms with Gasteiger partial charge in [0, 0.05) is 37.7 Å². The van der Waals surface area contributed by atoms with Crippen LogP contribution in [0.2, 0.25) is 0 Å². The first-order valence-electron chi connectivity index (χ1n) is 7.76. The second kappa shape index (κ2) is 8.90. The number of nitrogens with zero attached hydrogens (tertiary/aromatic N) is 1. The van der Waals surface area contributed by atoms with Gasteiger partial charge in [0.05, 0.1) is 13.2 Å². The summed E-state index contributed by atoms with van der Waals surface area (Å²) in [5.41, 5.74) is 0.229. The summed E-state index contributed by atoms with van der Waals surface area (Å²) in [6.07, 6.45) is 3.53. The van der Waals surface area contributed by atoms with E-state index in [0.29, 0.717) is 6.04 Å². The molecule has 114 valence electrons. The quantitative estimate of drug-likeness (QED) is 0.632. The summed E-state index contributed by atoms with van der Waals surface area (Å²) in [7, 11) is 0. The number of aliphatic hydroxyl groups excluding tert-OH is 1. The van der Waals surface area contributed by atoms with E-state index in [9.17, 15) is 5.11 Å². The van der Waals surface area contributed by atoms with Crippen LogP contribution >= 0.6 is 0 Å². The van der Waals surface area contributed by atoms with Crippen LogP contribution < -0.4 is 5.32 Å². The Labute approximate surface area is 118 Å². The number of hydrogen-bond donors (Lipinski definition) is 2. The molecule has 4 heteroatoms. The number of ether oxygens (including phenoxy) is 1. The molecule has 0 bridgehead atoms. The predicted molar refractivity (Wildman–Crippen MR) is 79.4 cm³/mol. The van der Waals surface area contributed by atoms with Gasteiger partial charge in [0.25, 0.3) is 0 Å². The van der Waals surface area contributed by atoms with Crippen LogP contribution in [-0.4, -0.2) is 62.0 Å². The maximum Gasteiger partial charge on any atom is 0.0558 e. The number of rotatable bonds is 10. The zero-order valence-electron chi connectivity index (χ0n) is 13.0. The van der Waals surface area contributed by atoms with Crippen molar-refractivity contribution in [2.24, 2.45) is 5.41 Å². The lowest BCUT2D eigenvalue weighted by molar-refractivity contribution is 0.0946. The molecule has 1 rings (SSSR count). The second-order valence-electron chi connectivity index (χ2n) is 6.19. The van der Waals surface area contributed by atoms with Gasteiger partial charge in [0.15, 0.2) is 0 Å². The minimum absolute atomic E-state index is 0.229. The van der Waals surface area contributed by atoms with Crippen molar-refractivity contribution in [1.82, 2.24) is 10.2 Å². The average Bonchev–Trinajstić information content (AvgIpc) is 2.83. The molecule has 1 heterocycles. The third-order valence-corrected chi connectivity index (χ3v) is 3.87. The lowest BCUT2D eigenvalue weighted by Crippen LogP contribution is -2.47. The molecule has 0 spiro atoms. The molecule has 0 saturated carbocycles. The van der Waals surface area contributed by atoms with Gasteiger partial charge in [-0.1, -0.05) is 27.2 Å². The van der Waals surface area contributed by atoms with Crippen molar-refractivity contribution in [2.75, 3.05) is 46.0 Å². The highest BCUT2D eigenvalue weighted by Gasteiger charge is 2.36. The Morgan fingerprint density at radius 3 is 2.68 bits per heavy atom. The van der Waals surface area contributed by atoms with Crippen LogP contribution in [0.5, 0.6) is 0 Å². The van der Waals surface area contributed by atoms with Crippen LogP contribution in [0.4, 0.5) is 0 Å². The number of unbranched alkanes of at least 4 members (excludes halogenated alkanes) is 1. The molecule has 0 aromatic carbocycles. The maximum atomic E-state index is 9.22. The summed E-state index contributed by atoms with van der Waals surface area (Å²) in [4.78, 5) is 2.40. The lowest BCUT2D eigenvalue weighted by Gasteiger charge is -2.35. The van der Waals surface area contributed by atoms with Crippen LogP contribution in [0.1, 0.15) is 40.0 Å². The summed E-state index contributed by atoms with van der Waals surface area (Å²) >= 11 is 0. The van der Waals surface area contributed by atoms with Gasteiger partial charge < -0.3 is 20.1 Å². The van der Waals surface area contributed by atoms with Crippen molar-refractivity contribution in [3.8, 4) is 0 Å². The first-order chi connectivity index (χ1) is 9.12. The van der Waals surface area contributed by atoms with Crippen molar-refractivity contribution in [2.45, 2.75) is 46.1 Å². The minimum Gasteiger partial charge on any atom is -0.395 e. The number of hydrogen-bond acceptors (Lipinski definition) is 4. The van der Waals surface area contributed by atoms with Crippen molar-refractivity contribution in [1.29, 1.82) is 0 Å². The maximum absolute atomic E-state index is 9.22. The molecule has 2 N–H and O–H groups in total. The van der Waals surface area contributed by atoms with Crippen molar-refractivity contribution < 1.29 is 9.84 Å². The van der Waals surface area contributed by atoms with Crippen LogP contribution in [-0.2, 0) is 4.74 Å². The molecule has 0 radical (unpaired) electrons. The summed E-state index contributed by atoms with van der Waals surface area (Å²) in [5, 5.41) is 12.8. The first kappa shape index (κ1) is 16.9. The van der Waals surface area contributed by atoms with Crippen LogP contribution in [0, 0.1) is 5.41 Å². The fraction of sp³-hybridized carbons (Fsp3) is 1.00. The Kier molecular flexibility index (Phi) is 7.91. The highest BCUT2D eigenvalue weighted by atomic mass is 16.5. The molecule has 1 saturated heterocycles. The molecule has 0 aliphatic carbocycles. The van der Waals surface area contributed by atoms with Crippen molar-refractivity contribution in [3.63, 3.8) is 0 Å². The van der Waals surface area contributed by atoms with E-state index in [2.05, 4.69) is 31.0 Å². The van der Waals surface area contributed by atoms with Gasteiger partial charge in [-0.2, -0.15) is 0 Å². The Hall–Kier alpha value is -0.160. The second-order valence-corrected chi connectivity index (χ2v) is 6.19. The van der Waals surface area contributed by atoms with E-state index in [1.165, 1.54) is 12.8 Å². The predicted octanol–water partition coefficient (Wildman–Crippen LogP) is 1.49. The zero-order valence-corrected chi connectivity index (χ0v) is 13.0. The SMILES string of the molecule is CCCCN(CCO)CC1(CNC(C)C)CCOC1. The summed E-state index contributed by atoms with van der Waals surface area (Å²) in [5.74, 6) is 0. The molecular formula is C15H32N2O2. The van der Waals surface area contributed by atoms with Crippen molar-refractivity contribution >= 4 is 0 Å². The number of nitrogens with one attached hydrogen (secondary N) is 1.